The van der Waals surface area contributed by atoms with Crippen molar-refractivity contribution in [3.63, 3.8) is 0 Å². The van der Waals surface area contributed by atoms with Gasteiger partial charge in [0.05, 0.1) is 0 Å². The molecule has 0 unspecified atom stereocenters. The molecular formula is C14H21N. The first-order valence-corrected chi connectivity index (χ1v) is 5.42. The van der Waals surface area contributed by atoms with Crippen LogP contribution in [-0.4, -0.2) is 7.05 Å². The number of nitrogens with zero attached hydrogens (tertiary/aromatic N) is 1. The summed E-state index contributed by atoms with van der Waals surface area (Å²) < 4.78 is 0. The van der Waals surface area contributed by atoms with Gasteiger partial charge < -0.3 is 4.90 Å². The molecule has 0 aromatic heterocycles. The summed E-state index contributed by atoms with van der Waals surface area (Å²) in [6.45, 7) is 12.6. The zero-order chi connectivity index (χ0) is 11.6. The van der Waals surface area contributed by atoms with E-state index in [0.717, 1.165) is 5.70 Å². The number of hydrogen-bond acceptors (Lipinski definition) is 1. The molecule has 0 spiro atoms. The van der Waals surface area contributed by atoms with Crippen molar-refractivity contribution in [2.75, 3.05) is 11.9 Å². The summed E-state index contributed by atoms with van der Waals surface area (Å²) in [5.41, 5.74) is 4.99. The van der Waals surface area contributed by atoms with E-state index in [1.165, 1.54) is 16.8 Å². The molecule has 0 saturated carbocycles. The van der Waals surface area contributed by atoms with Crippen molar-refractivity contribution in [1.29, 1.82) is 0 Å². The van der Waals surface area contributed by atoms with Gasteiger partial charge in [-0.25, -0.2) is 0 Å². The van der Waals surface area contributed by atoms with Gasteiger partial charge in [0.1, 0.15) is 0 Å². The highest BCUT2D eigenvalue weighted by molar-refractivity contribution is 5.54. The second-order valence-corrected chi connectivity index (χ2v) is 4.55. The molecule has 0 saturated heterocycles. The van der Waals surface area contributed by atoms with Crippen LogP contribution in [0.3, 0.4) is 0 Å². The Morgan fingerprint density at radius 3 is 2.33 bits per heavy atom. The molecule has 0 fully saturated rings. The minimum atomic E-state index is 0.571. The molecule has 1 aromatic rings. The lowest BCUT2D eigenvalue weighted by atomic mass is 10.00. The Balaban J connectivity index is 3.14. The lowest BCUT2D eigenvalue weighted by Gasteiger charge is -2.21. The highest BCUT2D eigenvalue weighted by atomic mass is 15.1. The third-order valence-electron chi connectivity index (χ3n) is 2.71. The third-order valence-corrected chi connectivity index (χ3v) is 2.71. The smallest absolute Gasteiger partial charge is 0.0410 e. The van der Waals surface area contributed by atoms with Crippen molar-refractivity contribution >= 4 is 5.69 Å². The number of anilines is 1. The van der Waals surface area contributed by atoms with E-state index in [0.29, 0.717) is 5.92 Å². The van der Waals surface area contributed by atoms with Gasteiger partial charge in [-0.15, -0.1) is 0 Å². The highest BCUT2D eigenvalue weighted by Gasteiger charge is 2.06. The predicted molar refractivity (Wildman–Crippen MR) is 68.5 cm³/mol. The maximum atomic E-state index is 3.96. The number of hydrogen-bond donors (Lipinski definition) is 0. The van der Waals surface area contributed by atoms with Crippen molar-refractivity contribution in [1.82, 2.24) is 0 Å². The third kappa shape index (κ3) is 2.85. The molecule has 1 nitrogen and oxygen atoms in total. The van der Waals surface area contributed by atoms with Crippen LogP contribution in [0.2, 0.25) is 0 Å². The van der Waals surface area contributed by atoms with E-state index in [1.54, 1.807) is 0 Å². The first-order chi connectivity index (χ1) is 6.91. The molecule has 1 aromatic carbocycles. The fourth-order valence-electron chi connectivity index (χ4n) is 1.54. The van der Waals surface area contributed by atoms with E-state index in [9.17, 15) is 0 Å². The maximum absolute atomic E-state index is 3.96. The van der Waals surface area contributed by atoms with Gasteiger partial charge in [-0.05, 0) is 43.0 Å². The van der Waals surface area contributed by atoms with Gasteiger partial charge in [-0.2, -0.15) is 0 Å². The zero-order valence-corrected chi connectivity index (χ0v) is 10.5. The lowest BCUT2D eigenvalue weighted by Crippen LogP contribution is -2.13. The van der Waals surface area contributed by atoms with Crippen LogP contribution in [0.1, 0.15) is 37.8 Å². The summed E-state index contributed by atoms with van der Waals surface area (Å²) >= 11 is 0. The average molecular weight is 203 g/mol. The van der Waals surface area contributed by atoms with Gasteiger partial charge in [0.2, 0.25) is 0 Å². The molecule has 0 aliphatic carbocycles. The van der Waals surface area contributed by atoms with Crippen LogP contribution >= 0.6 is 0 Å². The summed E-state index contributed by atoms with van der Waals surface area (Å²) in [5.74, 6) is 0.571. The molecule has 1 heteroatoms. The Hall–Kier alpha value is -1.24. The van der Waals surface area contributed by atoms with Crippen molar-refractivity contribution in [2.24, 2.45) is 0 Å². The normalized spacial score (nSPS) is 10.5. The van der Waals surface area contributed by atoms with Crippen LogP contribution < -0.4 is 4.90 Å². The fourth-order valence-corrected chi connectivity index (χ4v) is 1.54. The molecule has 1 rings (SSSR count). The van der Waals surface area contributed by atoms with E-state index >= 15 is 0 Å². The zero-order valence-electron chi connectivity index (χ0n) is 10.5. The van der Waals surface area contributed by atoms with Crippen LogP contribution in [0.15, 0.2) is 30.5 Å². The molecule has 0 radical (unpaired) electrons. The van der Waals surface area contributed by atoms with E-state index in [-0.39, 0.29) is 0 Å². The first kappa shape index (κ1) is 11.8. The Labute approximate surface area is 93.4 Å². The SMILES string of the molecule is C=C(C)N(C)c1cc(C)cc(C(C)C)c1. The van der Waals surface area contributed by atoms with Crippen molar-refractivity contribution in [2.45, 2.75) is 33.6 Å². The predicted octanol–water partition coefficient (Wildman–Crippen LogP) is 4.09. The van der Waals surface area contributed by atoms with Crippen LogP contribution in [0.5, 0.6) is 0 Å². The van der Waals surface area contributed by atoms with Crippen LogP contribution in [0, 0.1) is 6.92 Å². The van der Waals surface area contributed by atoms with Crippen molar-refractivity contribution < 1.29 is 0 Å². The number of aryl methyl sites for hydroxylation is 1. The van der Waals surface area contributed by atoms with Crippen LogP contribution in [0.25, 0.3) is 0 Å². The molecular weight excluding hydrogens is 182 g/mol. The standard InChI is InChI=1S/C14H21N/c1-10(2)13-7-12(5)8-14(9-13)15(6)11(3)4/h7-10H,3H2,1-2,4-6H3. The summed E-state index contributed by atoms with van der Waals surface area (Å²) in [6.07, 6.45) is 0. The number of rotatable bonds is 3. The molecule has 0 amide bonds. The van der Waals surface area contributed by atoms with Crippen LogP contribution in [-0.2, 0) is 0 Å². The maximum Gasteiger partial charge on any atom is 0.0410 e. The minimum absolute atomic E-state index is 0.571. The van der Waals surface area contributed by atoms with Gasteiger partial charge in [0.25, 0.3) is 0 Å². The van der Waals surface area contributed by atoms with Gasteiger partial charge in [-0.3, -0.25) is 0 Å². The molecule has 0 aliphatic heterocycles. The largest absolute Gasteiger partial charge is 0.349 e. The van der Waals surface area contributed by atoms with E-state index in [1.807, 2.05) is 6.92 Å². The molecule has 0 aliphatic rings. The highest BCUT2D eigenvalue weighted by Crippen LogP contribution is 2.24. The summed E-state index contributed by atoms with van der Waals surface area (Å²) in [5, 5.41) is 0. The summed E-state index contributed by atoms with van der Waals surface area (Å²) in [6, 6.07) is 6.69. The first-order valence-electron chi connectivity index (χ1n) is 5.42. The Morgan fingerprint density at radius 2 is 1.87 bits per heavy atom. The van der Waals surface area contributed by atoms with Crippen LogP contribution in [0.4, 0.5) is 5.69 Å². The van der Waals surface area contributed by atoms with Crippen molar-refractivity contribution in [3.8, 4) is 0 Å². The van der Waals surface area contributed by atoms with Gasteiger partial charge >= 0.3 is 0 Å². The summed E-state index contributed by atoms with van der Waals surface area (Å²) in [7, 11) is 2.06. The summed E-state index contributed by atoms with van der Waals surface area (Å²) in [4.78, 5) is 2.12. The second kappa shape index (κ2) is 4.52. The van der Waals surface area contributed by atoms with E-state index in [4.69, 9.17) is 0 Å². The monoisotopic (exact) mass is 203 g/mol. The quantitative estimate of drug-likeness (QED) is 0.715. The van der Waals surface area contributed by atoms with Crippen molar-refractivity contribution in [3.05, 3.63) is 41.6 Å². The molecule has 82 valence electrons. The average Bonchev–Trinajstić information content (AvgIpc) is 2.15. The Bertz CT molecular complexity index is 364. The molecule has 0 N–H and O–H groups in total. The number of allylic oxidation sites excluding steroid dienone is 1. The fraction of sp³-hybridized carbons (Fsp3) is 0.429. The Morgan fingerprint density at radius 1 is 1.27 bits per heavy atom. The van der Waals surface area contributed by atoms with Gasteiger partial charge in [0.15, 0.2) is 0 Å². The molecule has 15 heavy (non-hydrogen) atoms. The molecule has 0 bridgehead atoms. The second-order valence-electron chi connectivity index (χ2n) is 4.55. The van der Waals surface area contributed by atoms with Gasteiger partial charge in [0, 0.05) is 18.4 Å². The van der Waals surface area contributed by atoms with E-state index < -0.39 is 0 Å². The molecule has 0 heterocycles. The topological polar surface area (TPSA) is 3.24 Å². The lowest BCUT2D eigenvalue weighted by molar-refractivity contribution is 0.863. The Kier molecular flexibility index (Phi) is 3.57. The number of benzene rings is 1. The van der Waals surface area contributed by atoms with Gasteiger partial charge in [-0.1, -0.05) is 26.5 Å². The molecule has 0 atom stereocenters. The van der Waals surface area contributed by atoms with E-state index in [2.05, 4.69) is 57.5 Å². The minimum Gasteiger partial charge on any atom is -0.349 e.